The summed E-state index contributed by atoms with van der Waals surface area (Å²) in [5.41, 5.74) is 0. The van der Waals surface area contributed by atoms with Crippen LogP contribution in [0.3, 0.4) is 0 Å². The molecular formula is C12H19NO4. The largest absolute Gasteiger partial charge is 0.480 e. The van der Waals surface area contributed by atoms with Crippen molar-refractivity contribution in [2.75, 3.05) is 13.2 Å². The lowest BCUT2D eigenvalue weighted by molar-refractivity contribution is -0.144. The van der Waals surface area contributed by atoms with Gasteiger partial charge >= 0.3 is 5.97 Å². The van der Waals surface area contributed by atoms with E-state index >= 15 is 0 Å². The summed E-state index contributed by atoms with van der Waals surface area (Å²) < 4.78 is 5.06. The second kappa shape index (κ2) is 7.06. The van der Waals surface area contributed by atoms with Crippen LogP contribution in [0.1, 0.15) is 25.7 Å². The second-order valence-electron chi connectivity index (χ2n) is 4.21. The molecule has 0 aromatic carbocycles. The summed E-state index contributed by atoms with van der Waals surface area (Å²) in [5.74, 6) is -1.27. The van der Waals surface area contributed by atoms with E-state index in [1.807, 2.05) is 0 Å². The first-order valence-electron chi connectivity index (χ1n) is 5.87. The Morgan fingerprint density at radius 1 is 1.47 bits per heavy atom. The van der Waals surface area contributed by atoms with Crippen molar-refractivity contribution in [2.45, 2.75) is 31.7 Å². The second-order valence-corrected chi connectivity index (χ2v) is 4.21. The molecule has 5 heteroatoms. The number of hydrogen-bond acceptors (Lipinski definition) is 3. The van der Waals surface area contributed by atoms with E-state index < -0.39 is 12.0 Å². The SMILES string of the molecule is C=CCOCC(NC(=O)C1CCCC1)C(=O)O. The molecule has 1 atom stereocenters. The van der Waals surface area contributed by atoms with Gasteiger partial charge in [0.25, 0.3) is 0 Å². The van der Waals surface area contributed by atoms with Crippen molar-refractivity contribution in [3.8, 4) is 0 Å². The Balaban J connectivity index is 2.39. The van der Waals surface area contributed by atoms with Crippen LogP contribution in [0.4, 0.5) is 0 Å². The van der Waals surface area contributed by atoms with Gasteiger partial charge in [0.15, 0.2) is 6.04 Å². The molecule has 96 valence electrons. The summed E-state index contributed by atoms with van der Waals surface area (Å²) in [6.45, 7) is 3.72. The van der Waals surface area contributed by atoms with Crippen LogP contribution < -0.4 is 5.32 Å². The smallest absolute Gasteiger partial charge is 0.328 e. The number of carboxylic acid groups (broad SMARTS) is 1. The number of carbonyl (C=O) groups is 2. The van der Waals surface area contributed by atoms with Gasteiger partial charge in [-0.1, -0.05) is 18.9 Å². The first-order chi connectivity index (χ1) is 8.15. The van der Waals surface area contributed by atoms with E-state index in [2.05, 4.69) is 11.9 Å². The average molecular weight is 241 g/mol. The summed E-state index contributed by atoms with van der Waals surface area (Å²) in [5, 5.41) is 11.5. The lowest BCUT2D eigenvalue weighted by atomic mass is 10.1. The monoisotopic (exact) mass is 241 g/mol. The van der Waals surface area contributed by atoms with Crippen LogP contribution in [0.15, 0.2) is 12.7 Å². The Kier molecular flexibility index (Phi) is 5.69. The lowest BCUT2D eigenvalue weighted by Gasteiger charge is -2.17. The number of carbonyl (C=O) groups excluding carboxylic acids is 1. The van der Waals surface area contributed by atoms with Crippen LogP contribution in [0.5, 0.6) is 0 Å². The summed E-state index contributed by atoms with van der Waals surface area (Å²) in [6.07, 6.45) is 5.33. The predicted octanol–water partition coefficient (Wildman–Crippen LogP) is 0.949. The first kappa shape index (κ1) is 13.7. The van der Waals surface area contributed by atoms with Gasteiger partial charge in [0, 0.05) is 5.92 Å². The van der Waals surface area contributed by atoms with E-state index in [1.54, 1.807) is 0 Å². The fourth-order valence-corrected chi connectivity index (χ4v) is 1.92. The number of rotatable bonds is 7. The molecule has 17 heavy (non-hydrogen) atoms. The third kappa shape index (κ3) is 4.56. The van der Waals surface area contributed by atoms with Crippen LogP contribution in [-0.4, -0.2) is 36.2 Å². The topological polar surface area (TPSA) is 75.6 Å². The fraction of sp³-hybridized carbons (Fsp3) is 0.667. The third-order valence-electron chi connectivity index (χ3n) is 2.86. The maximum Gasteiger partial charge on any atom is 0.328 e. The van der Waals surface area contributed by atoms with Gasteiger partial charge in [-0.25, -0.2) is 4.79 Å². The summed E-state index contributed by atoms with van der Waals surface area (Å²) >= 11 is 0. The van der Waals surface area contributed by atoms with Crippen molar-refractivity contribution in [1.82, 2.24) is 5.32 Å². The number of ether oxygens (including phenoxy) is 1. The number of hydrogen-bond donors (Lipinski definition) is 2. The summed E-state index contributed by atoms with van der Waals surface area (Å²) in [6, 6.07) is -0.969. The molecule has 0 aliphatic heterocycles. The van der Waals surface area contributed by atoms with E-state index in [0.717, 1.165) is 25.7 Å². The Bertz CT molecular complexity index is 284. The van der Waals surface area contributed by atoms with Crippen molar-refractivity contribution in [3.05, 3.63) is 12.7 Å². The highest BCUT2D eigenvalue weighted by Gasteiger charge is 2.27. The fourth-order valence-electron chi connectivity index (χ4n) is 1.92. The quantitative estimate of drug-likeness (QED) is 0.514. The van der Waals surface area contributed by atoms with Crippen LogP contribution in [0.25, 0.3) is 0 Å². The normalized spacial score (nSPS) is 17.6. The molecule has 1 fully saturated rings. The molecule has 0 aromatic heterocycles. The zero-order valence-electron chi connectivity index (χ0n) is 9.85. The van der Waals surface area contributed by atoms with Gasteiger partial charge in [-0.05, 0) is 12.8 Å². The van der Waals surface area contributed by atoms with Gasteiger partial charge in [-0.2, -0.15) is 0 Å². The molecule has 1 saturated carbocycles. The van der Waals surface area contributed by atoms with E-state index in [1.165, 1.54) is 6.08 Å². The van der Waals surface area contributed by atoms with Crippen molar-refractivity contribution >= 4 is 11.9 Å². The maximum absolute atomic E-state index is 11.7. The van der Waals surface area contributed by atoms with E-state index in [4.69, 9.17) is 9.84 Å². The minimum absolute atomic E-state index is 0.0280. The zero-order valence-corrected chi connectivity index (χ0v) is 9.85. The van der Waals surface area contributed by atoms with Gasteiger partial charge in [-0.15, -0.1) is 6.58 Å². The van der Waals surface area contributed by atoms with Crippen LogP contribution in [-0.2, 0) is 14.3 Å². The van der Waals surface area contributed by atoms with Gasteiger partial charge in [0.2, 0.25) is 5.91 Å². The van der Waals surface area contributed by atoms with Crippen molar-refractivity contribution in [2.24, 2.45) is 5.92 Å². The molecule has 2 N–H and O–H groups in total. The molecule has 0 aromatic rings. The lowest BCUT2D eigenvalue weighted by Crippen LogP contribution is -2.46. The van der Waals surface area contributed by atoms with Crippen LogP contribution in [0, 0.1) is 5.92 Å². The number of amides is 1. The van der Waals surface area contributed by atoms with Gasteiger partial charge < -0.3 is 15.2 Å². The molecule has 0 bridgehead atoms. The molecule has 1 rings (SSSR count). The van der Waals surface area contributed by atoms with E-state index in [-0.39, 0.29) is 25.0 Å². The molecule has 5 nitrogen and oxygen atoms in total. The molecular weight excluding hydrogens is 222 g/mol. The maximum atomic E-state index is 11.7. The van der Waals surface area contributed by atoms with Crippen LogP contribution in [0.2, 0.25) is 0 Å². The zero-order chi connectivity index (χ0) is 12.7. The highest BCUT2D eigenvalue weighted by atomic mass is 16.5. The van der Waals surface area contributed by atoms with E-state index in [9.17, 15) is 9.59 Å². The van der Waals surface area contributed by atoms with Gasteiger partial charge in [0.1, 0.15) is 0 Å². The van der Waals surface area contributed by atoms with E-state index in [0.29, 0.717) is 0 Å². The van der Waals surface area contributed by atoms with Gasteiger partial charge in [-0.3, -0.25) is 4.79 Å². The number of carboxylic acids is 1. The van der Waals surface area contributed by atoms with Crippen molar-refractivity contribution in [3.63, 3.8) is 0 Å². The Morgan fingerprint density at radius 3 is 2.65 bits per heavy atom. The predicted molar refractivity (Wildman–Crippen MR) is 62.5 cm³/mol. The number of nitrogens with one attached hydrogen (secondary N) is 1. The highest BCUT2D eigenvalue weighted by Crippen LogP contribution is 2.24. The molecule has 0 saturated heterocycles. The third-order valence-corrected chi connectivity index (χ3v) is 2.86. The molecule has 0 spiro atoms. The molecule has 1 aliphatic carbocycles. The molecule has 0 heterocycles. The minimum Gasteiger partial charge on any atom is -0.480 e. The van der Waals surface area contributed by atoms with Crippen LogP contribution >= 0.6 is 0 Å². The standard InChI is InChI=1S/C12H19NO4/c1-2-7-17-8-10(12(15)16)13-11(14)9-5-3-4-6-9/h2,9-10H,1,3-8H2,(H,13,14)(H,15,16). The molecule has 1 unspecified atom stereocenters. The van der Waals surface area contributed by atoms with Crippen molar-refractivity contribution in [1.29, 1.82) is 0 Å². The van der Waals surface area contributed by atoms with Crippen molar-refractivity contribution < 1.29 is 19.4 Å². The number of aliphatic carboxylic acids is 1. The Labute approximate surface area is 101 Å². The summed E-state index contributed by atoms with van der Waals surface area (Å²) in [7, 11) is 0. The molecule has 0 radical (unpaired) electrons. The molecule has 1 aliphatic rings. The Hall–Kier alpha value is -1.36. The first-order valence-corrected chi connectivity index (χ1v) is 5.87. The minimum atomic E-state index is -1.07. The van der Waals surface area contributed by atoms with Gasteiger partial charge in [0.05, 0.1) is 13.2 Å². The molecule has 1 amide bonds. The average Bonchev–Trinajstić information content (AvgIpc) is 2.81. The summed E-state index contributed by atoms with van der Waals surface area (Å²) in [4.78, 5) is 22.7. The highest BCUT2D eigenvalue weighted by molar-refractivity contribution is 5.85. The Morgan fingerprint density at radius 2 is 2.12 bits per heavy atom.